The van der Waals surface area contributed by atoms with E-state index in [0.29, 0.717) is 5.56 Å². The second-order valence-corrected chi connectivity index (χ2v) is 4.03. The van der Waals surface area contributed by atoms with Crippen molar-refractivity contribution in [3.8, 4) is 0 Å². The topological polar surface area (TPSA) is 79.3 Å². The number of nitrogens with one attached hydrogen (secondary N) is 1. The molecule has 1 amide bonds. The molecule has 0 aliphatic heterocycles. The van der Waals surface area contributed by atoms with Crippen molar-refractivity contribution < 1.29 is 19.1 Å². The Morgan fingerprint density at radius 2 is 1.90 bits per heavy atom. The summed E-state index contributed by atoms with van der Waals surface area (Å²) in [7, 11) is 0. The van der Waals surface area contributed by atoms with Gasteiger partial charge in [0.05, 0.1) is 12.0 Å². The Kier molecular flexibility index (Phi) is 4.05. The summed E-state index contributed by atoms with van der Waals surface area (Å²) < 4.78 is 12.9. The fourth-order valence-electron chi connectivity index (χ4n) is 1.72. The van der Waals surface area contributed by atoms with Crippen molar-refractivity contribution in [1.29, 1.82) is 0 Å². The van der Waals surface area contributed by atoms with Crippen molar-refractivity contribution in [2.45, 2.75) is 6.42 Å². The van der Waals surface area contributed by atoms with Gasteiger partial charge >= 0.3 is 5.97 Å². The average Bonchev–Trinajstić information content (AvgIpc) is 2.38. The van der Waals surface area contributed by atoms with Gasteiger partial charge < -0.3 is 10.4 Å². The fraction of sp³-hybridized carbons (Fsp3) is 0.0714. The van der Waals surface area contributed by atoms with Crippen molar-refractivity contribution >= 4 is 17.7 Å². The van der Waals surface area contributed by atoms with E-state index in [2.05, 4.69) is 10.3 Å². The van der Waals surface area contributed by atoms with Gasteiger partial charge in [0.2, 0.25) is 11.9 Å². The first-order chi connectivity index (χ1) is 9.56. The Morgan fingerprint density at radius 3 is 2.60 bits per heavy atom. The molecule has 102 valence electrons. The molecular weight excluding hydrogens is 263 g/mol. The molecule has 0 bridgehead atoms. The van der Waals surface area contributed by atoms with E-state index in [-0.39, 0.29) is 17.8 Å². The van der Waals surface area contributed by atoms with Gasteiger partial charge in [-0.2, -0.15) is 4.39 Å². The summed E-state index contributed by atoms with van der Waals surface area (Å²) in [4.78, 5) is 26.3. The largest absolute Gasteiger partial charge is 0.478 e. The molecule has 2 rings (SSSR count). The van der Waals surface area contributed by atoms with Crippen molar-refractivity contribution in [3.05, 3.63) is 59.5 Å². The number of carbonyl (C=O) groups is 2. The van der Waals surface area contributed by atoms with Crippen LogP contribution in [0.15, 0.2) is 42.5 Å². The van der Waals surface area contributed by atoms with Crippen LogP contribution in [0.25, 0.3) is 0 Å². The third-order valence-electron chi connectivity index (χ3n) is 2.58. The smallest absolute Gasteiger partial charge is 0.335 e. The highest BCUT2D eigenvalue weighted by atomic mass is 19.1. The summed E-state index contributed by atoms with van der Waals surface area (Å²) in [5.41, 5.74) is 0.448. The molecule has 1 aromatic carbocycles. The van der Waals surface area contributed by atoms with E-state index in [1.807, 2.05) is 0 Å². The van der Waals surface area contributed by atoms with Crippen LogP contribution in [0.4, 0.5) is 10.2 Å². The number of carboxylic acids is 1. The second-order valence-electron chi connectivity index (χ2n) is 4.03. The summed E-state index contributed by atoms with van der Waals surface area (Å²) in [6, 6.07) is 10.2. The third kappa shape index (κ3) is 3.38. The van der Waals surface area contributed by atoms with E-state index in [9.17, 15) is 14.0 Å². The molecule has 0 spiro atoms. The van der Waals surface area contributed by atoms with Crippen LogP contribution in [-0.2, 0) is 11.2 Å². The highest BCUT2D eigenvalue weighted by molar-refractivity contribution is 5.95. The maximum atomic E-state index is 12.9. The van der Waals surface area contributed by atoms with Gasteiger partial charge in [0.1, 0.15) is 5.82 Å². The number of hydrogen-bond donors (Lipinski definition) is 2. The first-order valence-electron chi connectivity index (χ1n) is 5.80. The lowest BCUT2D eigenvalue weighted by molar-refractivity contribution is -0.115. The van der Waals surface area contributed by atoms with Crippen LogP contribution in [0.5, 0.6) is 0 Å². The Morgan fingerprint density at radius 1 is 1.15 bits per heavy atom. The van der Waals surface area contributed by atoms with Gasteiger partial charge in [0.25, 0.3) is 0 Å². The number of carbonyl (C=O) groups excluding carboxylic acids is 1. The highest BCUT2D eigenvalue weighted by Crippen LogP contribution is 2.11. The van der Waals surface area contributed by atoms with Crippen molar-refractivity contribution in [2.75, 3.05) is 5.32 Å². The lowest BCUT2D eigenvalue weighted by atomic mass is 10.0. The van der Waals surface area contributed by atoms with E-state index in [4.69, 9.17) is 5.11 Å². The zero-order chi connectivity index (χ0) is 14.5. The molecule has 0 aliphatic carbocycles. The molecule has 6 heteroatoms. The fourth-order valence-corrected chi connectivity index (χ4v) is 1.72. The number of nitrogens with zero attached hydrogens (tertiary/aromatic N) is 1. The summed E-state index contributed by atoms with van der Waals surface area (Å²) in [6.45, 7) is 0. The van der Waals surface area contributed by atoms with Crippen molar-refractivity contribution in [2.24, 2.45) is 0 Å². The number of aromatic carboxylic acids is 1. The zero-order valence-corrected chi connectivity index (χ0v) is 10.3. The molecule has 0 aliphatic rings. The Labute approximate surface area is 114 Å². The van der Waals surface area contributed by atoms with Gasteiger partial charge in [-0.25, -0.2) is 9.78 Å². The summed E-state index contributed by atoms with van der Waals surface area (Å²) in [5, 5.41) is 11.4. The van der Waals surface area contributed by atoms with Crippen molar-refractivity contribution in [3.63, 3.8) is 0 Å². The monoisotopic (exact) mass is 274 g/mol. The second kappa shape index (κ2) is 5.92. The molecule has 0 saturated carbocycles. The number of anilines is 1. The Hall–Kier alpha value is -2.76. The number of amides is 1. The zero-order valence-electron chi connectivity index (χ0n) is 10.3. The Bertz CT molecular complexity index is 658. The quantitative estimate of drug-likeness (QED) is 0.837. The van der Waals surface area contributed by atoms with Crippen LogP contribution in [0.1, 0.15) is 15.9 Å². The molecule has 0 saturated heterocycles. The number of carboxylic acid groups (broad SMARTS) is 1. The van der Waals surface area contributed by atoms with Crippen LogP contribution in [0.3, 0.4) is 0 Å². The lowest BCUT2D eigenvalue weighted by Gasteiger charge is -2.06. The van der Waals surface area contributed by atoms with E-state index in [1.165, 1.54) is 18.2 Å². The maximum absolute atomic E-state index is 12.9. The van der Waals surface area contributed by atoms with E-state index >= 15 is 0 Å². The summed E-state index contributed by atoms with van der Waals surface area (Å²) in [6.07, 6.45) is -0.124. The number of hydrogen-bond acceptors (Lipinski definition) is 3. The molecule has 2 aromatic rings. The van der Waals surface area contributed by atoms with Gasteiger partial charge in [0, 0.05) is 0 Å². The molecule has 0 radical (unpaired) electrons. The first kappa shape index (κ1) is 13.7. The number of benzene rings is 1. The van der Waals surface area contributed by atoms with Crippen LogP contribution in [0.2, 0.25) is 0 Å². The number of pyridine rings is 1. The van der Waals surface area contributed by atoms with Gasteiger partial charge in [-0.15, -0.1) is 0 Å². The van der Waals surface area contributed by atoms with Crippen LogP contribution < -0.4 is 5.32 Å². The summed E-state index contributed by atoms with van der Waals surface area (Å²) >= 11 is 0. The normalized spacial score (nSPS) is 10.1. The third-order valence-corrected chi connectivity index (χ3v) is 2.58. The van der Waals surface area contributed by atoms with Crippen LogP contribution in [0, 0.1) is 5.95 Å². The van der Waals surface area contributed by atoms with E-state index in [1.54, 1.807) is 18.2 Å². The molecule has 1 heterocycles. The maximum Gasteiger partial charge on any atom is 0.335 e. The van der Waals surface area contributed by atoms with Gasteiger partial charge in [-0.05, 0) is 23.8 Å². The minimum atomic E-state index is -1.10. The summed E-state index contributed by atoms with van der Waals surface area (Å²) in [5.74, 6) is -2.18. The standard InChI is InChI=1S/C14H11FN2O3/c15-11-6-3-7-12(16-11)17-13(18)8-9-4-1-2-5-10(9)14(19)20/h1-7H,8H2,(H,19,20)(H,16,17,18). The number of aromatic nitrogens is 1. The number of halogens is 1. The Balaban J connectivity index is 2.11. The highest BCUT2D eigenvalue weighted by Gasteiger charge is 2.12. The minimum Gasteiger partial charge on any atom is -0.478 e. The lowest BCUT2D eigenvalue weighted by Crippen LogP contribution is -2.17. The molecule has 1 aromatic heterocycles. The predicted molar refractivity (Wildman–Crippen MR) is 69.9 cm³/mol. The van der Waals surface area contributed by atoms with Gasteiger partial charge in [-0.1, -0.05) is 24.3 Å². The van der Waals surface area contributed by atoms with Gasteiger partial charge in [0.15, 0.2) is 0 Å². The van der Waals surface area contributed by atoms with Crippen LogP contribution >= 0.6 is 0 Å². The molecular formula is C14H11FN2O3. The predicted octanol–water partition coefficient (Wildman–Crippen LogP) is 2.10. The van der Waals surface area contributed by atoms with E-state index in [0.717, 1.165) is 6.07 Å². The van der Waals surface area contributed by atoms with E-state index < -0.39 is 17.8 Å². The molecule has 20 heavy (non-hydrogen) atoms. The molecule has 0 unspecified atom stereocenters. The van der Waals surface area contributed by atoms with Crippen LogP contribution in [-0.4, -0.2) is 22.0 Å². The SMILES string of the molecule is O=C(Cc1ccccc1C(=O)O)Nc1cccc(F)n1. The number of rotatable bonds is 4. The molecule has 2 N–H and O–H groups in total. The molecule has 0 atom stereocenters. The average molecular weight is 274 g/mol. The molecule has 0 fully saturated rings. The first-order valence-corrected chi connectivity index (χ1v) is 5.80. The van der Waals surface area contributed by atoms with Crippen molar-refractivity contribution in [1.82, 2.24) is 4.98 Å². The molecule has 5 nitrogen and oxygen atoms in total. The van der Waals surface area contributed by atoms with Gasteiger partial charge in [-0.3, -0.25) is 4.79 Å². The minimum absolute atomic E-state index is 0.0647.